The molecule has 3 aliphatic rings. The van der Waals surface area contributed by atoms with E-state index in [0.29, 0.717) is 0 Å². The highest BCUT2D eigenvalue weighted by molar-refractivity contribution is 5.63. The van der Waals surface area contributed by atoms with Gasteiger partial charge in [0, 0.05) is 82.1 Å². The number of rotatable bonds is 7. The van der Waals surface area contributed by atoms with Gasteiger partial charge >= 0.3 is 0 Å². The maximum Gasteiger partial charge on any atom is 0.161 e. The van der Waals surface area contributed by atoms with Gasteiger partial charge in [-0.25, -0.2) is 9.97 Å². The first-order valence-corrected chi connectivity index (χ1v) is 12.4. The SMILES string of the molecule is CN1CCN(c2ccc(-c3nc4c(c(NCCCN5CCOCC5)n3)CNCC4)cc2)CC1. The summed E-state index contributed by atoms with van der Waals surface area (Å²) in [5.41, 5.74) is 4.78. The number of likely N-dealkylation sites (N-methyl/N-ethyl adjacent to an activating group) is 1. The molecule has 0 bridgehead atoms. The first-order valence-electron chi connectivity index (χ1n) is 12.4. The van der Waals surface area contributed by atoms with E-state index < -0.39 is 0 Å². The largest absolute Gasteiger partial charge is 0.379 e. The summed E-state index contributed by atoms with van der Waals surface area (Å²) in [5.74, 6) is 1.82. The van der Waals surface area contributed by atoms with E-state index in [4.69, 9.17) is 14.7 Å². The number of ether oxygens (including phenoxy) is 1. The van der Waals surface area contributed by atoms with Crippen LogP contribution in [0.2, 0.25) is 0 Å². The van der Waals surface area contributed by atoms with Crippen LogP contribution in [0.3, 0.4) is 0 Å². The van der Waals surface area contributed by atoms with Crippen LogP contribution in [-0.2, 0) is 17.7 Å². The van der Waals surface area contributed by atoms with Crippen molar-refractivity contribution in [1.29, 1.82) is 0 Å². The minimum atomic E-state index is 0.830. The van der Waals surface area contributed by atoms with Gasteiger partial charge in [-0.15, -0.1) is 0 Å². The Kier molecular flexibility index (Phi) is 7.36. The molecule has 0 radical (unpaired) electrons. The summed E-state index contributed by atoms with van der Waals surface area (Å²) in [4.78, 5) is 17.3. The van der Waals surface area contributed by atoms with Crippen molar-refractivity contribution < 1.29 is 4.74 Å². The maximum absolute atomic E-state index is 5.45. The molecule has 8 heteroatoms. The Labute approximate surface area is 197 Å². The second kappa shape index (κ2) is 10.8. The lowest BCUT2D eigenvalue weighted by atomic mass is 10.1. The fourth-order valence-corrected chi connectivity index (χ4v) is 4.84. The van der Waals surface area contributed by atoms with Gasteiger partial charge in [0.25, 0.3) is 0 Å². The van der Waals surface area contributed by atoms with Crippen LogP contribution in [0.25, 0.3) is 11.4 Å². The number of nitrogens with zero attached hydrogens (tertiary/aromatic N) is 5. The highest BCUT2D eigenvalue weighted by Gasteiger charge is 2.19. The number of benzene rings is 1. The second-order valence-electron chi connectivity index (χ2n) is 9.32. The Bertz CT molecular complexity index is 906. The molecule has 1 aromatic carbocycles. The molecule has 0 saturated carbocycles. The first-order chi connectivity index (χ1) is 16.3. The van der Waals surface area contributed by atoms with Crippen molar-refractivity contribution in [2.45, 2.75) is 19.4 Å². The Hall–Kier alpha value is -2.26. The van der Waals surface area contributed by atoms with E-state index in [-0.39, 0.29) is 0 Å². The Balaban J connectivity index is 1.27. The molecule has 0 spiro atoms. The predicted octanol–water partition coefficient (Wildman–Crippen LogP) is 1.68. The third kappa shape index (κ3) is 5.63. The number of morpholine rings is 1. The van der Waals surface area contributed by atoms with Gasteiger partial charge in [0.15, 0.2) is 5.82 Å². The fourth-order valence-electron chi connectivity index (χ4n) is 4.84. The van der Waals surface area contributed by atoms with E-state index in [1.807, 2.05) is 0 Å². The summed E-state index contributed by atoms with van der Waals surface area (Å²) in [7, 11) is 2.19. The highest BCUT2D eigenvalue weighted by atomic mass is 16.5. The summed E-state index contributed by atoms with van der Waals surface area (Å²) < 4.78 is 5.45. The molecular formula is C25H37N7O. The monoisotopic (exact) mass is 451 g/mol. The van der Waals surface area contributed by atoms with Crippen LogP contribution < -0.4 is 15.5 Å². The van der Waals surface area contributed by atoms with Gasteiger partial charge in [-0.1, -0.05) is 0 Å². The number of fused-ring (bicyclic) bond motifs is 1. The standard InChI is InChI=1S/C25H37N7O/c1-30-11-13-32(14-12-30)21-5-3-20(4-6-21)24-28-23-7-9-26-19-22(23)25(29-24)27-8-2-10-31-15-17-33-18-16-31/h3-6,26H,2,7-19H2,1H3,(H,27,28,29). The number of nitrogens with one attached hydrogen (secondary N) is 2. The molecule has 2 saturated heterocycles. The zero-order chi connectivity index (χ0) is 22.5. The third-order valence-corrected chi connectivity index (χ3v) is 6.97. The molecule has 4 heterocycles. The van der Waals surface area contributed by atoms with Crippen LogP contribution in [0.4, 0.5) is 11.5 Å². The van der Waals surface area contributed by atoms with Gasteiger partial charge in [0.05, 0.1) is 18.9 Å². The molecule has 2 aromatic rings. The van der Waals surface area contributed by atoms with E-state index >= 15 is 0 Å². The van der Waals surface area contributed by atoms with Crippen molar-refractivity contribution in [3.63, 3.8) is 0 Å². The van der Waals surface area contributed by atoms with Crippen molar-refractivity contribution in [2.24, 2.45) is 0 Å². The molecule has 0 unspecified atom stereocenters. The van der Waals surface area contributed by atoms with E-state index in [1.54, 1.807) is 0 Å². The molecule has 178 valence electrons. The lowest BCUT2D eigenvalue weighted by Crippen LogP contribution is -2.44. The van der Waals surface area contributed by atoms with Gasteiger partial charge < -0.3 is 25.2 Å². The average Bonchev–Trinajstić information content (AvgIpc) is 2.87. The van der Waals surface area contributed by atoms with E-state index in [2.05, 4.69) is 56.6 Å². The Morgan fingerprint density at radius 3 is 2.58 bits per heavy atom. The quantitative estimate of drug-likeness (QED) is 0.617. The average molecular weight is 452 g/mol. The second-order valence-corrected chi connectivity index (χ2v) is 9.32. The third-order valence-electron chi connectivity index (χ3n) is 6.97. The fraction of sp³-hybridized carbons (Fsp3) is 0.600. The molecule has 1 aromatic heterocycles. The molecular weight excluding hydrogens is 414 g/mol. The molecule has 33 heavy (non-hydrogen) atoms. The van der Waals surface area contributed by atoms with Crippen molar-refractivity contribution in [2.75, 3.05) is 89.4 Å². The van der Waals surface area contributed by atoms with Crippen LogP contribution in [0.15, 0.2) is 24.3 Å². The normalized spacial score (nSPS) is 20.0. The molecule has 3 aliphatic heterocycles. The van der Waals surface area contributed by atoms with Crippen LogP contribution in [0.5, 0.6) is 0 Å². The van der Waals surface area contributed by atoms with Crippen LogP contribution in [0.1, 0.15) is 17.7 Å². The number of hydrogen-bond acceptors (Lipinski definition) is 8. The van der Waals surface area contributed by atoms with Crippen molar-refractivity contribution in [3.8, 4) is 11.4 Å². The number of anilines is 2. The van der Waals surface area contributed by atoms with E-state index in [1.165, 1.54) is 16.9 Å². The molecule has 0 amide bonds. The number of hydrogen-bond donors (Lipinski definition) is 2. The summed E-state index contributed by atoms with van der Waals surface area (Å²) in [6.45, 7) is 12.0. The molecule has 8 nitrogen and oxygen atoms in total. The summed E-state index contributed by atoms with van der Waals surface area (Å²) in [6, 6.07) is 8.80. The lowest BCUT2D eigenvalue weighted by Gasteiger charge is -2.34. The van der Waals surface area contributed by atoms with Crippen molar-refractivity contribution in [1.82, 2.24) is 25.1 Å². The summed E-state index contributed by atoms with van der Waals surface area (Å²) in [5, 5.41) is 7.11. The van der Waals surface area contributed by atoms with Crippen LogP contribution in [0, 0.1) is 0 Å². The van der Waals surface area contributed by atoms with Gasteiger partial charge in [-0.2, -0.15) is 0 Å². The maximum atomic E-state index is 5.45. The smallest absolute Gasteiger partial charge is 0.161 e. The van der Waals surface area contributed by atoms with Crippen LogP contribution >= 0.6 is 0 Å². The molecule has 2 fully saturated rings. The lowest BCUT2D eigenvalue weighted by molar-refractivity contribution is 0.0378. The predicted molar refractivity (Wildman–Crippen MR) is 133 cm³/mol. The Morgan fingerprint density at radius 1 is 1.00 bits per heavy atom. The molecule has 5 rings (SSSR count). The summed E-state index contributed by atoms with van der Waals surface area (Å²) in [6.07, 6.45) is 2.05. The Morgan fingerprint density at radius 2 is 1.79 bits per heavy atom. The number of aromatic nitrogens is 2. The van der Waals surface area contributed by atoms with E-state index in [0.717, 1.165) is 109 Å². The van der Waals surface area contributed by atoms with Gasteiger partial charge in [0.1, 0.15) is 5.82 Å². The minimum Gasteiger partial charge on any atom is -0.379 e. The van der Waals surface area contributed by atoms with Gasteiger partial charge in [0.2, 0.25) is 0 Å². The topological polar surface area (TPSA) is 68.8 Å². The number of piperazine rings is 1. The molecule has 0 atom stereocenters. The zero-order valence-electron chi connectivity index (χ0n) is 19.9. The van der Waals surface area contributed by atoms with Crippen molar-refractivity contribution in [3.05, 3.63) is 35.5 Å². The molecule has 0 aliphatic carbocycles. The highest BCUT2D eigenvalue weighted by Crippen LogP contribution is 2.27. The van der Waals surface area contributed by atoms with Gasteiger partial charge in [-0.3, -0.25) is 4.90 Å². The van der Waals surface area contributed by atoms with Crippen molar-refractivity contribution >= 4 is 11.5 Å². The van der Waals surface area contributed by atoms with Gasteiger partial charge in [-0.05, 0) is 44.3 Å². The zero-order valence-corrected chi connectivity index (χ0v) is 19.9. The molecule has 2 N–H and O–H groups in total. The summed E-state index contributed by atoms with van der Waals surface area (Å²) >= 11 is 0. The van der Waals surface area contributed by atoms with Crippen LogP contribution in [-0.4, -0.2) is 98.9 Å². The van der Waals surface area contributed by atoms with E-state index in [9.17, 15) is 0 Å². The minimum absolute atomic E-state index is 0.830. The first kappa shape index (κ1) is 22.5.